The van der Waals surface area contributed by atoms with Gasteiger partial charge in [-0.1, -0.05) is 42.5 Å². The number of allylic oxidation sites excluding steroid dienone is 3. The summed E-state index contributed by atoms with van der Waals surface area (Å²) in [5, 5.41) is 3.39. The van der Waals surface area contributed by atoms with Crippen LogP contribution >= 0.6 is 0 Å². The number of hydrogen-bond donors (Lipinski definition) is 1. The molecule has 0 spiro atoms. The molecule has 0 aromatic heterocycles. The first kappa shape index (κ1) is 22.8. The molecule has 172 valence electrons. The van der Waals surface area contributed by atoms with E-state index in [1.54, 1.807) is 0 Å². The van der Waals surface area contributed by atoms with E-state index >= 15 is 0 Å². The second-order valence-electron chi connectivity index (χ2n) is 8.68. The lowest BCUT2D eigenvalue weighted by molar-refractivity contribution is -0.136. The van der Waals surface area contributed by atoms with E-state index in [-0.39, 0.29) is 11.7 Å². The van der Waals surface area contributed by atoms with Crippen molar-refractivity contribution >= 4 is 17.4 Å². The number of carbonyl (C=O) groups is 2. The van der Waals surface area contributed by atoms with Crippen LogP contribution in [0, 0.1) is 0 Å². The van der Waals surface area contributed by atoms with E-state index in [0.29, 0.717) is 17.6 Å². The lowest BCUT2D eigenvalue weighted by Gasteiger charge is -2.36. The molecule has 0 amide bonds. The lowest BCUT2D eigenvalue weighted by atomic mass is 9.71. The van der Waals surface area contributed by atoms with Gasteiger partial charge in [0.15, 0.2) is 5.78 Å². The van der Waals surface area contributed by atoms with Crippen LogP contribution in [0.1, 0.15) is 56.6 Å². The summed E-state index contributed by atoms with van der Waals surface area (Å²) in [5.74, 6) is -0.613. The van der Waals surface area contributed by atoms with Gasteiger partial charge in [-0.3, -0.25) is 4.79 Å². The monoisotopic (exact) mass is 444 g/mol. The van der Waals surface area contributed by atoms with E-state index in [1.807, 2.05) is 37.3 Å². The molecule has 1 heterocycles. The van der Waals surface area contributed by atoms with E-state index in [4.69, 9.17) is 4.74 Å². The van der Waals surface area contributed by atoms with Gasteiger partial charge in [-0.15, -0.1) is 0 Å². The molecule has 2 aromatic carbocycles. The van der Waals surface area contributed by atoms with Crippen LogP contribution in [0.5, 0.6) is 0 Å². The van der Waals surface area contributed by atoms with Gasteiger partial charge in [0.1, 0.15) is 0 Å². The summed E-state index contributed by atoms with van der Waals surface area (Å²) in [5.41, 5.74) is 6.11. The Morgan fingerprint density at radius 3 is 2.27 bits per heavy atom. The van der Waals surface area contributed by atoms with Crippen LogP contribution in [0.2, 0.25) is 0 Å². The number of ketones is 1. The highest BCUT2D eigenvalue weighted by Gasteiger charge is 2.41. The molecule has 0 saturated carbocycles. The number of ether oxygens (including phenoxy) is 1. The maximum atomic E-state index is 13.5. The number of anilines is 1. The number of dihydropyridines is 1. The molecule has 2 aliphatic rings. The molecule has 1 aliphatic heterocycles. The molecular weight excluding hydrogens is 412 g/mol. The van der Waals surface area contributed by atoms with Gasteiger partial charge in [0, 0.05) is 48.1 Å². The minimum atomic E-state index is -0.427. The molecule has 33 heavy (non-hydrogen) atoms. The molecule has 5 heteroatoms. The van der Waals surface area contributed by atoms with Gasteiger partial charge in [-0.05, 0) is 56.4 Å². The average Bonchev–Trinajstić information content (AvgIpc) is 2.84. The number of Topliss-reactive ketones (excluding diaryl/α,β-unsaturated/α-hetero) is 1. The SMILES string of the molecule is CCN(CC)c1ccc([C@@H]2C(C(=O)OC)=C(C)NC3=C2C(=O)C[C@H](c2ccccc2)C3)cc1. The fourth-order valence-corrected chi connectivity index (χ4v) is 5.18. The molecule has 5 nitrogen and oxygen atoms in total. The fraction of sp³-hybridized carbons (Fsp3) is 0.357. The Hall–Kier alpha value is -3.34. The van der Waals surface area contributed by atoms with Crippen LogP contribution in [0.25, 0.3) is 0 Å². The van der Waals surface area contributed by atoms with E-state index in [0.717, 1.165) is 42.2 Å². The first-order chi connectivity index (χ1) is 16.0. The van der Waals surface area contributed by atoms with E-state index in [9.17, 15) is 9.59 Å². The minimum Gasteiger partial charge on any atom is -0.466 e. The van der Waals surface area contributed by atoms with Crippen molar-refractivity contribution in [1.29, 1.82) is 0 Å². The molecule has 0 unspecified atom stereocenters. The molecule has 1 N–H and O–H groups in total. The summed E-state index contributed by atoms with van der Waals surface area (Å²) in [7, 11) is 1.39. The summed E-state index contributed by atoms with van der Waals surface area (Å²) in [6, 6.07) is 18.4. The zero-order valence-electron chi connectivity index (χ0n) is 19.9. The van der Waals surface area contributed by atoms with Gasteiger partial charge in [0.2, 0.25) is 0 Å². The maximum Gasteiger partial charge on any atom is 0.336 e. The van der Waals surface area contributed by atoms with Crippen molar-refractivity contribution in [3.8, 4) is 0 Å². The second kappa shape index (κ2) is 9.65. The summed E-state index contributed by atoms with van der Waals surface area (Å²) in [6.07, 6.45) is 1.18. The number of benzene rings is 2. The third-order valence-corrected chi connectivity index (χ3v) is 6.86. The van der Waals surface area contributed by atoms with Gasteiger partial charge < -0.3 is 15.0 Å². The molecule has 4 rings (SSSR count). The molecule has 0 fully saturated rings. The molecule has 1 aliphatic carbocycles. The van der Waals surface area contributed by atoms with Gasteiger partial charge in [-0.2, -0.15) is 0 Å². The Bertz CT molecular complexity index is 1100. The fourth-order valence-electron chi connectivity index (χ4n) is 5.18. The maximum absolute atomic E-state index is 13.5. The first-order valence-electron chi connectivity index (χ1n) is 11.7. The average molecular weight is 445 g/mol. The molecule has 0 radical (unpaired) electrons. The van der Waals surface area contributed by atoms with Crippen molar-refractivity contribution < 1.29 is 14.3 Å². The van der Waals surface area contributed by atoms with Crippen molar-refractivity contribution in [1.82, 2.24) is 5.32 Å². The number of hydrogen-bond acceptors (Lipinski definition) is 5. The number of methoxy groups -OCH3 is 1. The second-order valence-corrected chi connectivity index (χ2v) is 8.68. The van der Waals surface area contributed by atoms with Crippen LogP contribution in [-0.2, 0) is 14.3 Å². The molecule has 2 aromatic rings. The standard InChI is InChI=1S/C28H32N2O3/c1-5-30(6-2)22-14-12-20(13-15-22)26-25(28(32)33-4)18(3)29-23-16-21(17-24(31)27(23)26)19-10-8-7-9-11-19/h7-15,21,26,29H,5-6,16-17H2,1-4H3/t21-,26-/m1/s1. The van der Waals surface area contributed by atoms with Crippen LogP contribution in [0.3, 0.4) is 0 Å². The van der Waals surface area contributed by atoms with Crippen LogP contribution in [0.15, 0.2) is 77.1 Å². The van der Waals surface area contributed by atoms with Crippen molar-refractivity contribution in [3.63, 3.8) is 0 Å². The normalized spacial score (nSPS) is 20.3. The highest BCUT2D eigenvalue weighted by molar-refractivity contribution is 6.04. The predicted molar refractivity (Wildman–Crippen MR) is 131 cm³/mol. The summed E-state index contributed by atoms with van der Waals surface area (Å²) < 4.78 is 5.14. The lowest BCUT2D eigenvalue weighted by Crippen LogP contribution is -2.36. The third kappa shape index (κ3) is 4.32. The summed E-state index contributed by atoms with van der Waals surface area (Å²) in [4.78, 5) is 28.7. The number of nitrogens with zero attached hydrogens (tertiary/aromatic N) is 1. The van der Waals surface area contributed by atoms with Crippen LogP contribution in [-0.4, -0.2) is 32.0 Å². The van der Waals surface area contributed by atoms with Gasteiger partial charge in [0.25, 0.3) is 0 Å². The largest absolute Gasteiger partial charge is 0.466 e. The quantitative estimate of drug-likeness (QED) is 0.631. The Balaban J connectivity index is 1.77. The Labute approximate surface area is 196 Å². The van der Waals surface area contributed by atoms with Crippen molar-refractivity contribution in [2.75, 3.05) is 25.1 Å². The topological polar surface area (TPSA) is 58.6 Å². The van der Waals surface area contributed by atoms with Gasteiger partial charge in [-0.25, -0.2) is 4.79 Å². The summed E-state index contributed by atoms with van der Waals surface area (Å²) in [6.45, 7) is 8.00. The zero-order valence-corrected chi connectivity index (χ0v) is 19.9. The van der Waals surface area contributed by atoms with Crippen molar-refractivity contribution in [3.05, 3.63) is 88.3 Å². The van der Waals surface area contributed by atoms with Crippen LogP contribution < -0.4 is 10.2 Å². The number of nitrogens with one attached hydrogen (secondary N) is 1. The highest BCUT2D eigenvalue weighted by Crippen LogP contribution is 2.45. The van der Waals surface area contributed by atoms with Crippen molar-refractivity contribution in [2.24, 2.45) is 0 Å². The Morgan fingerprint density at radius 2 is 1.67 bits per heavy atom. The first-order valence-corrected chi connectivity index (χ1v) is 11.7. The summed E-state index contributed by atoms with van der Waals surface area (Å²) >= 11 is 0. The molecule has 0 saturated heterocycles. The predicted octanol–water partition coefficient (Wildman–Crippen LogP) is 5.07. The molecule has 0 bridgehead atoms. The molecular formula is C28H32N2O3. The number of carbonyl (C=O) groups excluding carboxylic acids is 2. The van der Waals surface area contributed by atoms with Crippen LogP contribution in [0.4, 0.5) is 5.69 Å². The highest BCUT2D eigenvalue weighted by atomic mass is 16.5. The minimum absolute atomic E-state index is 0.0873. The van der Waals surface area contributed by atoms with Crippen molar-refractivity contribution in [2.45, 2.75) is 45.4 Å². The smallest absolute Gasteiger partial charge is 0.336 e. The number of rotatable bonds is 6. The number of esters is 1. The van der Waals surface area contributed by atoms with Gasteiger partial charge >= 0.3 is 5.97 Å². The third-order valence-electron chi connectivity index (χ3n) is 6.86. The van der Waals surface area contributed by atoms with E-state index in [1.165, 1.54) is 12.7 Å². The molecule has 2 atom stereocenters. The Kier molecular flexibility index (Phi) is 6.68. The van der Waals surface area contributed by atoms with E-state index < -0.39 is 11.9 Å². The Morgan fingerprint density at radius 1 is 1.00 bits per heavy atom. The van der Waals surface area contributed by atoms with E-state index in [2.05, 4.69) is 48.3 Å². The van der Waals surface area contributed by atoms with Gasteiger partial charge in [0.05, 0.1) is 12.7 Å². The zero-order chi connectivity index (χ0) is 23.5.